The Labute approximate surface area is 132 Å². The summed E-state index contributed by atoms with van der Waals surface area (Å²) in [7, 11) is 0. The minimum atomic E-state index is -0.316. The number of anilines is 1. The number of ether oxygens (including phenoxy) is 1. The zero-order valence-electron chi connectivity index (χ0n) is 12.7. The number of carbonyl (C=O) groups is 2. The number of aromatic nitrogens is 2. The van der Waals surface area contributed by atoms with Crippen LogP contribution in [-0.2, 0) is 16.0 Å². The third kappa shape index (κ3) is 4.36. The van der Waals surface area contributed by atoms with Crippen molar-refractivity contribution in [1.29, 1.82) is 0 Å². The standard InChI is InChI=1S/C15H17N3O3S/c1-4-21-13(19)7-11-8-16-15(22-11)18-14(20)12-6-9(2)5-10(3)17-12/h5-6,8H,4,7H2,1-3H3,(H,16,18,20). The minimum absolute atomic E-state index is 0.156. The van der Waals surface area contributed by atoms with Crippen LogP contribution in [0.15, 0.2) is 18.3 Å². The lowest BCUT2D eigenvalue weighted by Crippen LogP contribution is -2.14. The molecule has 1 amide bonds. The van der Waals surface area contributed by atoms with Gasteiger partial charge in [-0.3, -0.25) is 14.9 Å². The summed E-state index contributed by atoms with van der Waals surface area (Å²) >= 11 is 1.25. The van der Waals surface area contributed by atoms with Crippen LogP contribution < -0.4 is 5.32 Å². The monoisotopic (exact) mass is 319 g/mol. The topological polar surface area (TPSA) is 81.2 Å². The molecule has 0 aliphatic rings. The van der Waals surface area contributed by atoms with Crippen LogP contribution >= 0.6 is 11.3 Å². The molecule has 0 bridgehead atoms. The van der Waals surface area contributed by atoms with Crippen LogP contribution in [0.3, 0.4) is 0 Å². The van der Waals surface area contributed by atoms with Crippen molar-refractivity contribution in [2.24, 2.45) is 0 Å². The number of thiazole rings is 1. The summed E-state index contributed by atoms with van der Waals surface area (Å²) in [6.45, 7) is 5.85. The Hall–Kier alpha value is -2.28. The van der Waals surface area contributed by atoms with E-state index in [1.807, 2.05) is 19.9 Å². The van der Waals surface area contributed by atoms with Crippen LogP contribution in [-0.4, -0.2) is 28.5 Å². The highest BCUT2D eigenvalue weighted by Gasteiger charge is 2.13. The molecule has 0 unspecified atom stereocenters. The number of esters is 1. The third-order valence-corrected chi connectivity index (χ3v) is 3.64. The van der Waals surface area contributed by atoms with Crippen molar-refractivity contribution < 1.29 is 14.3 Å². The van der Waals surface area contributed by atoms with Crippen molar-refractivity contribution in [2.75, 3.05) is 11.9 Å². The molecule has 22 heavy (non-hydrogen) atoms. The summed E-state index contributed by atoms with van der Waals surface area (Å²) in [6.07, 6.45) is 1.72. The van der Waals surface area contributed by atoms with Crippen molar-refractivity contribution in [3.05, 3.63) is 40.2 Å². The molecule has 0 atom stereocenters. The number of pyridine rings is 1. The molecule has 2 aromatic rings. The van der Waals surface area contributed by atoms with E-state index >= 15 is 0 Å². The maximum Gasteiger partial charge on any atom is 0.311 e. The van der Waals surface area contributed by atoms with Gasteiger partial charge in [0.2, 0.25) is 0 Å². The predicted octanol–water partition coefficient (Wildman–Crippen LogP) is 2.51. The van der Waals surface area contributed by atoms with Crippen LogP contribution in [0.1, 0.15) is 33.5 Å². The van der Waals surface area contributed by atoms with Gasteiger partial charge in [0.1, 0.15) is 5.69 Å². The third-order valence-electron chi connectivity index (χ3n) is 2.73. The van der Waals surface area contributed by atoms with Gasteiger partial charge in [0.25, 0.3) is 5.91 Å². The Morgan fingerprint density at radius 3 is 2.77 bits per heavy atom. The number of nitrogens with zero attached hydrogens (tertiary/aromatic N) is 2. The molecule has 0 radical (unpaired) electrons. The van der Waals surface area contributed by atoms with E-state index in [1.165, 1.54) is 11.3 Å². The number of amides is 1. The summed E-state index contributed by atoms with van der Waals surface area (Å²) in [6, 6.07) is 3.62. The Kier molecular flexibility index (Phi) is 5.21. The number of nitrogens with one attached hydrogen (secondary N) is 1. The molecule has 0 spiro atoms. The lowest BCUT2D eigenvalue weighted by atomic mass is 10.2. The molecule has 0 aliphatic heterocycles. The van der Waals surface area contributed by atoms with Crippen molar-refractivity contribution in [2.45, 2.75) is 27.2 Å². The van der Waals surface area contributed by atoms with E-state index in [1.54, 1.807) is 19.2 Å². The van der Waals surface area contributed by atoms with Gasteiger partial charge in [0, 0.05) is 16.8 Å². The first-order valence-corrected chi connectivity index (χ1v) is 7.66. The fraction of sp³-hybridized carbons (Fsp3) is 0.333. The number of hydrogen-bond donors (Lipinski definition) is 1. The van der Waals surface area contributed by atoms with Gasteiger partial charge in [0.05, 0.1) is 13.0 Å². The van der Waals surface area contributed by atoms with Crippen LogP contribution in [0.25, 0.3) is 0 Å². The van der Waals surface area contributed by atoms with Gasteiger partial charge in [-0.15, -0.1) is 11.3 Å². The van der Waals surface area contributed by atoms with Gasteiger partial charge in [-0.05, 0) is 38.5 Å². The van der Waals surface area contributed by atoms with Crippen molar-refractivity contribution in [3.8, 4) is 0 Å². The molecule has 0 fully saturated rings. The van der Waals surface area contributed by atoms with Gasteiger partial charge in [-0.25, -0.2) is 9.97 Å². The Balaban J connectivity index is 2.03. The van der Waals surface area contributed by atoms with Gasteiger partial charge >= 0.3 is 5.97 Å². The molecule has 1 N–H and O–H groups in total. The highest BCUT2D eigenvalue weighted by atomic mass is 32.1. The second kappa shape index (κ2) is 7.13. The zero-order chi connectivity index (χ0) is 16.1. The van der Waals surface area contributed by atoms with Crippen LogP contribution in [0.4, 0.5) is 5.13 Å². The molecule has 0 saturated heterocycles. The molecule has 2 heterocycles. The largest absolute Gasteiger partial charge is 0.466 e. The fourth-order valence-electron chi connectivity index (χ4n) is 1.92. The molecule has 0 aliphatic carbocycles. The molecular formula is C15H17N3O3S. The zero-order valence-corrected chi connectivity index (χ0v) is 13.5. The first-order chi connectivity index (χ1) is 10.5. The van der Waals surface area contributed by atoms with Crippen molar-refractivity contribution >= 4 is 28.3 Å². The summed E-state index contributed by atoms with van der Waals surface area (Å²) in [5.74, 6) is -0.621. The maximum atomic E-state index is 12.2. The molecule has 0 saturated carbocycles. The highest BCUT2D eigenvalue weighted by Crippen LogP contribution is 2.19. The summed E-state index contributed by atoms with van der Waals surface area (Å²) in [5.41, 5.74) is 2.10. The van der Waals surface area contributed by atoms with Gasteiger partial charge in [0.15, 0.2) is 5.13 Å². The molecule has 2 aromatic heterocycles. The Morgan fingerprint density at radius 1 is 1.32 bits per heavy atom. The number of carbonyl (C=O) groups excluding carboxylic acids is 2. The van der Waals surface area contributed by atoms with Gasteiger partial charge in [-0.1, -0.05) is 0 Å². The van der Waals surface area contributed by atoms with Crippen molar-refractivity contribution in [1.82, 2.24) is 9.97 Å². The smallest absolute Gasteiger partial charge is 0.311 e. The number of hydrogen-bond acceptors (Lipinski definition) is 6. The Bertz CT molecular complexity index is 677. The van der Waals surface area contributed by atoms with E-state index < -0.39 is 0 Å². The average Bonchev–Trinajstić information content (AvgIpc) is 2.85. The quantitative estimate of drug-likeness (QED) is 0.856. The molecule has 116 valence electrons. The molecular weight excluding hydrogens is 302 g/mol. The van der Waals surface area contributed by atoms with E-state index in [2.05, 4.69) is 15.3 Å². The van der Waals surface area contributed by atoms with Crippen molar-refractivity contribution in [3.63, 3.8) is 0 Å². The molecule has 2 rings (SSSR count). The molecule has 0 aromatic carbocycles. The van der Waals surface area contributed by atoms with E-state index in [4.69, 9.17) is 4.74 Å². The van der Waals surface area contributed by atoms with E-state index in [0.29, 0.717) is 17.4 Å². The van der Waals surface area contributed by atoms with Crippen LogP contribution in [0.2, 0.25) is 0 Å². The summed E-state index contributed by atoms with van der Waals surface area (Å²) < 4.78 is 4.87. The predicted molar refractivity (Wildman–Crippen MR) is 84.1 cm³/mol. The first kappa shape index (κ1) is 16.1. The summed E-state index contributed by atoms with van der Waals surface area (Å²) in [4.78, 5) is 32.6. The summed E-state index contributed by atoms with van der Waals surface area (Å²) in [5, 5.41) is 3.13. The van der Waals surface area contributed by atoms with Crippen LogP contribution in [0, 0.1) is 13.8 Å². The first-order valence-electron chi connectivity index (χ1n) is 6.85. The SMILES string of the molecule is CCOC(=O)Cc1cnc(NC(=O)c2cc(C)cc(C)n2)s1. The minimum Gasteiger partial charge on any atom is -0.466 e. The number of rotatable bonds is 5. The lowest BCUT2D eigenvalue weighted by Gasteiger charge is -2.03. The second-order valence-corrected chi connectivity index (χ2v) is 5.85. The Morgan fingerprint density at radius 2 is 2.09 bits per heavy atom. The molecule has 7 heteroatoms. The second-order valence-electron chi connectivity index (χ2n) is 4.74. The normalized spacial score (nSPS) is 10.3. The lowest BCUT2D eigenvalue weighted by molar-refractivity contribution is -0.142. The average molecular weight is 319 g/mol. The van der Waals surface area contributed by atoms with Crippen LogP contribution in [0.5, 0.6) is 0 Å². The number of aryl methyl sites for hydroxylation is 2. The van der Waals surface area contributed by atoms with E-state index in [0.717, 1.165) is 16.1 Å². The maximum absolute atomic E-state index is 12.2. The van der Waals surface area contributed by atoms with E-state index in [9.17, 15) is 9.59 Å². The molecule has 6 nitrogen and oxygen atoms in total. The van der Waals surface area contributed by atoms with Gasteiger partial charge in [-0.2, -0.15) is 0 Å². The van der Waals surface area contributed by atoms with E-state index in [-0.39, 0.29) is 18.3 Å². The fourth-order valence-corrected chi connectivity index (χ4v) is 2.71. The van der Waals surface area contributed by atoms with Gasteiger partial charge < -0.3 is 4.74 Å². The highest BCUT2D eigenvalue weighted by molar-refractivity contribution is 7.15.